The molecule has 0 aromatic heterocycles. The number of hydrogen-bond donors (Lipinski definition) is 3. The Labute approximate surface area is 161 Å². The predicted molar refractivity (Wildman–Crippen MR) is 98.9 cm³/mol. The number of ether oxygens (including phenoxy) is 3. The van der Waals surface area contributed by atoms with Gasteiger partial charge in [0.1, 0.15) is 25.6 Å². The van der Waals surface area contributed by atoms with Gasteiger partial charge in [0.25, 0.3) is 0 Å². The predicted octanol–water partition coefficient (Wildman–Crippen LogP) is 1.81. The Morgan fingerprint density at radius 2 is 1.71 bits per heavy atom. The van der Waals surface area contributed by atoms with Crippen molar-refractivity contribution < 1.29 is 39.1 Å². The lowest BCUT2D eigenvalue weighted by Crippen LogP contribution is -2.12. The van der Waals surface area contributed by atoms with Crippen LogP contribution in [0.25, 0.3) is 0 Å². The Morgan fingerprint density at radius 3 is 2.39 bits per heavy atom. The maximum atomic E-state index is 12.7. The zero-order valence-electron chi connectivity index (χ0n) is 15.0. The molecule has 148 valence electrons. The van der Waals surface area contributed by atoms with E-state index >= 15 is 0 Å². The molecule has 0 saturated carbocycles. The van der Waals surface area contributed by atoms with E-state index in [4.69, 9.17) is 19.3 Å². The van der Waals surface area contributed by atoms with Crippen LogP contribution in [-0.4, -0.2) is 53.5 Å². The van der Waals surface area contributed by atoms with E-state index < -0.39 is 17.5 Å². The Balaban J connectivity index is 2.27. The van der Waals surface area contributed by atoms with E-state index in [2.05, 4.69) is 6.58 Å². The number of phenols is 2. The van der Waals surface area contributed by atoms with E-state index in [1.165, 1.54) is 24.3 Å². The maximum absolute atomic E-state index is 12.7. The van der Waals surface area contributed by atoms with Gasteiger partial charge in [-0.2, -0.15) is 0 Å². The molecular formula is C20H20O8. The third-order valence-corrected chi connectivity index (χ3v) is 3.58. The molecule has 8 nitrogen and oxygen atoms in total. The number of benzene rings is 2. The summed E-state index contributed by atoms with van der Waals surface area (Å²) in [4.78, 5) is 23.7. The van der Waals surface area contributed by atoms with Gasteiger partial charge >= 0.3 is 5.97 Å². The highest BCUT2D eigenvalue weighted by atomic mass is 16.6. The first-order valence-corrected chi connectivity index (χ1v) is 8.34. The summed E-state index contributed by atoms with van der Waals surface area (Å²) in [6, 6.07) is 8.64. The number of hydrogen-bond acceptors (Lipinski definition) is 8. The van der Waals surface area contributed by atoms with E-state index in [1.807, 2.05) is 0 Å². The first kappa shape index (κ1) is 20.8. The van der Waals surface area contributed by atoms with Crippen LogP contribution in [0.5, 0.6) is 23.0 Å². The third kappa shape index (κ3) is 5.01. The van der Waals surface area contributed by atoms with Crippen molar-refractivity contribution in [1.82, 2.24) is 0 Å². The van der Waals surface area contributed by atoms with Gasteiger partial charge in [0, 0.05) is 6.08 Å². The summed E-state index contributed by atoms with van der Waals surface area (Å²) >= 11 is 0. The molecule has 0 aliphatic carbocycles. The zero-order valence-corrected chi connectivity index (χ0v) is 15.0. The normalized spacial score (nSPS) is 10.2. The van der Waals surface area contributed by atoms with Crippen molar-refractivity contribution in [2.75, 3.05) is 26.4 Å². The van der Waals surface area contributed by atoms with Gasteiger partial charge in [-0.15, -0.1) is 0 Å². The highest BCUT2D eigenvalue weighted by molar-refractivity contribution is 6.12. The number of aromatic hydroxyl groups is 2. The second-order valence-electron chi connectivity index (χ2n) is 5.43. The van der Waals surface area contributed by atoms with Crippen molar-refractivity contribution in [3.05, 3.63) is 60.2 Å². The molecular weight excluding hydrogens is 368 g/mol. The van der Waals surface area contributed by atoms with Crippen LogP contribution in [0.3, 0.4) is 0 Å². The average molecular weight is 388 g/mol. The Kier molecular flexibility index (Phi) is 7.41. The first-order valence-electron chi connectivity index (χ1n) is 8.34. The minimum atomic E-state index is -0.615. The van der Waals surface area contributed by atoms with E-state index in [9.17, 15) is 19.8 Å². The maximum Gasteiger partial charge on any atom is 0.330 e. The summed E-state index contributed by atoms with van der Waals surface area (Å²) < 4.78 is 15.5. The molecule has 8 heteroatoms. The molecule has 28 heavy (non-hydrogen) atoms. The monoisotopic (exact) mass is 388 g/mol. The molecule has 0 amide bonds. The van der Waals surface area contributed by atoms with Crippen molar-refractivity contribution in [2.45, 2.75) is 0 Å². The number of aliphatic hydroxyl groups is 1. The molecule has 0 atom stereocenters. The fourth-order valence-corrected chi connectivity index (χ4v) is 2.30. The number of ketones is 1. The number of rotatable bonds is 10. The molecule has 0 spiro atoms. The molecule has 0 saturated heterocycles. The molecule has 0 fully saturated rings. The largest absolute Gasteiger partial charge is 0.507 e. The summed E-state index contributed by atoms with van der Waals surface area (Å²) in [6.07, 6.45) is 1.01. The van der Waals surface area contributed by atoms with Gasteiger partial charge in [-0.3, -0.25) is 4.79 Å². The van der Waals surface area contributed by atoms with Crippen molar-refractivity contribution in [1.29, 1.82) is 0 Å². The van der Waals surface area contributed by atoms with Crippen LogP contribution >= 0.6 is 0 Å². The number of carbonyl (C=O) groups is 2. The number of esters is 1. The van der Waals surface area contributed by atoms with Gasteiger partial charge in [0.2, 0.25) is 11.5 Å². The minimum absolute atomic E-state index is 0.0101. The van der Waals surface area contributed by atoms with Gasteiger partial charge < -0.3 is 29.5 Å². The van der Waals surface area contributed by atoms with Crippen LogP contribution in [0, 0.1) is 0 Å². The molecule has 2 rings (SSSR count). The van der Waals surface area contributed by atoms with Gasteiger partial charge in [0.15, 0.2) is 11.5 Å². The molecule has 3 N–H and O–H groups in total. The lowest BCUT2D eigenvalue weighted by molar-refractivity contribution is -0.138. The first-order chi connectivity index (χ1) is 13.5. The fourth-order valence-electron chi connectivity index (χ4n) is 2.30. The number of phenolic OH excluding ortho intramolecular Hbond substituents is 2. The molecule has 0 heterocycles. The zero-order chi connectivity index (χ0) is 20.5. The second kappa shape index (κ2) is 9.98. The van der Waals surface area contributed by atoms with Crippen LogP contribution in [0.2, 0.25) is 0 Å². The van der Waals surface area contributed by atoms with Gasteiger partial charge in [-0.1, -0.05) is 18.7 Å². The number of aliphatic hydroxyl groups excluding tert-OH is 1. The molecule has 0 radical (unpaired) electrons. The topological polar surface area (TPSA) is 123 Å². The Hall–Kier alpha value is -3.52. The molecule has 2 aromatic carbocycles. The van der Waals surface area contributed by atoms with E-state index in [-0.39, 0.29) is 54.8 Å². The van der Waals surface area contributed by atoms with Crippen molar-refractivity contribution >= 4 is 11.8 Å². The Bertz CT molecular complexity index is 859. The number of para-hydroxylation sites is 1. The van der Waals surface area contributed by atoms with E-state index in [0.717, 1.165) is 6.08 Å². The summed E-state index contributed by atoms with van der Waals surface area (Å²) in [7, 11) is 0. The van der Waals surface area contributed by atoms with Crippen LogP contribution < -0.4 is 9.47 Å². The SMILES string of the molecule is C=CC(=O)OCCOc1ccc(C(=O)c2ccccc2O)c(O)c1OCCO. The molecule has 0 bridgehead atoms. The van der Waals surface area contributed by atoms with Crippen LogP contribution in [0.15, 0.2) is 49.1 Å². The molecule has 0 unspecified atom stereocenters. The summed E-state index contributed by atoms with van der Waals surface area (Å²) in [5, 5.41) is 29.4. The summed E-state index contributed by atoms with van der Waals surface area (Å²) in [6.45, 7) is 2.69. The summed E-state index contributed by atoms with van der Waals surface area (Å²) in [5.74, 6) is -2.00. The fraction of sp³-hybridized carbons (Fsp3) is 0.200. The van der Waals surface area contributed by atoms with Crippen LogP contribution in [0.4, 0.5) is 0 Å². The molecule has 2 aromatic rings. The molecule has 0 aliphatic rings. The number of carbonyl (C=O) groups excluding carboxylic acids is 2. The van der Waals surface area contributed by atoms with E-state index in [0.29, 0.717) is 0 Å². The van der Waals surface area contributed by atoms with E-state index in [1.54, 1.807) is 12.1 Å². The summed E-state index contributed by atoms with van der Waals surface area (Å²) in [5.41, 5.74) is -0.101. The highest BCUT2D eigenvalue weighted by Gasteiger charge is 2.22. The third-order valence-electron chi connectivity index (χ3n) is 3.58. The lowest BCUT2D eigenvalue weighted by Gasteiger charge is -2.16. The quantitative estimate of drug-likeness (QED) is 0.244. The van der Waals surface area contributed by atoms with Crippen molar-refractivity contribution in [3.63, 3.8) is 0 Å². The second-order valence-corrected chi connectivity index (χ2v) is 5.43. The Morgan fingerprint density at radius 1 is 0.964 bits per heavy atom. The smallest absolute Gasteiger partial charge is 0.330 e. The standard InChI is InChI=1S/C20H20O8/c1-2-17(23)27-12-11-26-16-8-7-14(19(25)20(16)28-10-9-21)18(24)13-5-3-4-6-15(13)22/h2-8,21-22,25H,1,9-12H2. The van der Waals surface area contributed by atoms with Gasteiger partial charge in [0.05, 0.1) is 17.7 Å². The highest BCUT2D eigenvalue weighted by Crippen LogP contribution is 2.40. The van der Waals surface area contributed by atoms with Crippen molar-refractivity contribution in [3.8, 4) is 23.0 Å². The van der Waals surface area contributed by atoms with Gasteiger partial charge in [-0.05, 0) is 24.3 Å². The minimum Gasteiger partial charge on any atom is -0.507 e. The van der Waals surface area contributed by atoms with Crippen LogP contribution in [0.1, 0.15) is 15.9 Å². The lowest BCUT2D eigenvalue weighted by atomic mass is 10.0. The van der Waals surface area contributed by atoms with Gasteiger partial charge in [-0.25, -0.2) is 4.79 Å². The molecule has 0 aliphatic heterocycles. The van der Waals surface area contributed by atoms with Crippen molar-refractivity contribution in [2.24, 2.45) is 0 Å². The van der Waals surface area contributed by atoms with Crippen LogP contribution in [-0.2, 0) is 9.53 Å². The average Bonchev–Trinajstić information content (AvgIpc) is 2.70.